The van der Waals surface area contributed by atoms with Crippen LogP contribution in [0, 0.1) is 5.92 Å². The first-order valence-electron chi connectivity index (χ1n) is 8.80. The summed E-state index contributed by atoms with van der Waals surface area (Å²) in [5.41, 5.74) is 3.51. The summed E-state index contributed by atoms with van der Waals surface area (Å²) in [6.45, 7) is 8.55. The van der Waals surface area contributed by atoms with Crippen molar-refractivity contribution in [2.24, 2.45) is 5.92 Å². The number of carbonyl (C=O) groups excluding carboxylic acids is 1. The average Bonchev–Trinajstić information content (AvgIpc) is 2.59. The third kappa shape index (κ3) is 3.26. The van der Waals surface area contributed by atoms with Crippen LogP contribution in [0.2, 0.25) is 0 Å². The van der Waals surface area contributed by atoms with Gasteiger partial charge in [-0.2, -0.15) is 0 Å². The Labute approximate surface area is 144 Å². The molecule has 1 unspecified atom stereocenters. The first-order valence-corrected chi connectivity index (χ1v) is 8.80. The molecule has 2 aliphatic rings. The van der Waals surface area contributed by atoms with Gasteiger partial charge in [0.2, 0.25) is 5.91 Å². The summed E-state index contributed by atoms with van der Waals surface area (Å²) in [5, 5.41) is 6.47. The molecule has 2 N–H and O–H groups in total. The molecule has 3 rings (SSSR count). The van der Waals surface area contributed by atoms with Crippen molar-refractivity contribution in [3.05, 3.63) is 41.6 Å². The molecule has 0 aliphatic carbocycles. The van der Waals surface area contributed by atoms with Gasteiger partial charge in [-0.05, 0) is 25.5 Å². The summed E-state index contributed by atoms with van der Waals surface area (Å²) in [5.74, 6) is 0.387. The smallest absolute Gasteiger partial charge is 0.245 e. The van der Waals surface area contributed by atoms with Gasteiger partial charge in [0.05, 0.1) is 6.04 Å². The highest BCUT2D eigenvalue weighted by Gasteiger charge is 2.36. The van der Waals surface area contributed by atoms with E-state index in [2.05, 4.69) is 53.6 Å². The Morgan fingerprint density at radius 3 is 2.88 bits per heavy atom. The molecule has 0 spiro atoms. The van der Waals surface area contributed by atoms with Crippen molar-refractivity contribution in [1.82, 2.24) is 10.6 Å². The van der Waals surface area contributed by atoms with E-state index in [1.165, 1.54) is 11.3 Å². The molecule has 130 valence electrons. The standard InChI is InChI=1S/C19H27N3O2/c1-4-24-12-22-14(3)13(2)19(16-7-5-6-8-17(16)22)21-15-9-10-20-18(23)11-15/h5-8,11,13-14,19,21H,4,9-10,12H2,1-3H3,(H,20,23)/t13-,14-,19?/m0/s1. The van der Waals surface area contributed by atoms with E-state index in [9.17, 15) is 4.79 Å². The first-order chi connectivity index (χ1) is 11.6. The van der Waals surface area contributed by atoms with E-state index in [4.69, 9.17) is 4.74 Å². The van der Waals surface area contributed by atoms with Crippen LogP contribution in [0.3, 0.4) is 0 Å². The number of anilines is 1. The number of hydrogen-bond donors (Lipinski definition) is 2. The second-order valence-electron chi connectivity index (χ2n) is 6.58. The number of rotatable bonds is 5. The first kappa shape index (κ1) is 16.8. The number of nitrogens with zero attached hydrogens (tertiary/aromatic N) is 1. The maximum atomic E-state index is 11.6. The van der Waals surface area contributed by atoms with Crippen LogP contribution in [-0.4, -0.2) is 31.8 Å². The van der Waals surface area contributed by atoms with E-state index in [-0.39, 0.29) is 11.9 Å². The highest BCUT2D eigenvalue weighted by molar-refractivity contribution is 5.89. The van der Waals surface area contributed by atoms with E-state index in [0.29, 0.717) is 31.8 Å². The van der Waals surface area contributed by atoms with Crippen LogP contribution in [0.15, 0.2) is 36.0 Å². The fourth-order valence-corrected chi connectivity index (χ4v) is 3.58. The SMILES string of the molecule is CCOCN1c2ccccc2C(NC2=CC(=O)NCC2)[C@@H](C)[C@@H]1C. The summed E-state index contributed by atoms with van der Waals surface area (Å²) in [7, 11) is 0. The molecule has 1 aromatic rings. The zero-order valence-corrected chi connectivity index (χ0v) is 14.7. The van der Waals surface area contributed by atoms with Crippen LogP contribution in [0.25, 0.3) is 0 Å². The fraction of sp³-hybridized carbons (Fsp3) is 0.526. The van der Waals surface area contributed by atoms with Crippen LogP contribution < -0.4 is 15.5 Å². The maximum Gasteiger partial charge on any atom is 0.245 e. The summed E-state index contributed by atoms with van der Waals surface area (Å²) in [4.78, 5) is 14.0. The lowest BCUT2D eigenvalue weighted by molar-refractivity contribution is -0.116. The van der Waals surface area contributed by atoms with Crippen LogP contribution >= 0.6 is 0 Å². The van der Waals surface area contributed by atoms with Gasteiger partial charge in [-0.25, -0.2) is 0 Å². The Balaban J connectivity index is 1.90. The van der Waals surface area contributed by atoms with Gasteiger partial charge in [0.15, 0.2) is 0 Å². The molecule has 0 radical (unpaired) electrons. The van der Waals surface area contributed by atoms with Crippen LogP contribution in [0.4, 0.5) is 5.69 Å². The number of benzene rings is 1. The number of carbonyl (C=O) groups is 1. The summed E-state index contributed by atoms with van der Waals surface area (Å²) < 4.78 is 5.69. The minimum Gasteiger partial charge on any atom is -0.381 e. The number of ether oxygens (including phenoxy) is 1. The van der Waals surface area contributed by atoms with Crippen molar-refractivity contribution in [3.8, 4) is 0 Å². The Bertz CT molecular complexity index is 629. The third-order valence-corrected chi connectivity index (χ3v) is 5.13. The Morgan fingerprint density at radius 1 is 1.33 bits per heavy atom. The normalized spacial score (nSPS) is 26.5. The Morgan fingerprint density at radius 2 is 2.12 bits per heavy atom. The lowest BCUT2D eigenvalue weighted by Gasteiger charge is -2.45. The Hall–Kier alpha value is -2.01. The second kappa shape index (κ2) is 7.26. The highest BCUT2D eigenvalue weighted by Crippen LogP contribution is 2.41. The van der Waals surface area contributed by atoms with E-state index in [1.54, 1.807) is 6.08 Å². The Kier molecular flexibility index (Phi) is 5.09. The number of hydrogen-bond acceptors (Lipinski definition) is 4. The molecule has 3 atom stereocenters. The average molecular weight is 329 g/mol. The van der Waals surface area contributed by atoms with Gasteiger partial charge in [-0.3, -0.25) is 4.79 Å². The minimum absolute atomic E-state index is 0.00785. The molecule has 0 bridgehead atoms. The van der Waals surface area contributed by atoms with Crippen molar-refractivity contribution >= 4 is 11.6 Å². The highest BCUT2D eigenvalue weighted by atomic mass is 16.5. The lowest BCUT2D eigenvalue weighted by atomic mass is 9.83. The van der Waals surface area contributed by atoms with Crippen molar-refractivity contribution in [1.29, 1.82) is 0 Å². The molecule has 5 nitrogen and oxygen atoms in total. The fourth-order valence-electron chi connectivity index (χ4n) is 3.58. The molecule has 2 aliphatic heterocycles. The van der Waals surface area contributed by atoms with Crippen LogP contribution in [0.1, 0.15) is 38.8 Å². The molecular weight excluding hydrogens is 302 g/mol. The van der Waals surface area contributed by atoms with E-state index in [1.807, 2.05) is 6.92 Å². The molecule has 24 heavy (non-hydrogen) atoms. The van der Waals surface area contributed by atoms with Crippen molar-refractivity contribution in [2.45, 2.75) is 39.3 Å². The molecule has 2 heterocycles. The molecule has 0 saturated heterocycles. The molecular formula is C19H27N3O2. The maximum absolute atomic E-state index is 11.6. The van der Waals surface area contributed by atoms with Gasteiger partial charge in [0.25, 0.3) is 0 Å². The largest absolute Gasteiger partial charge is 0.381 e. The van der Waals surface area contributed by atoms with Crippen molar-refractivity contribution < 1.29 is 9.53 Å². The quantitative estimate of drug-likeness (QED) is 0.872. The molecule has 0 saturated carbocycles. The molecule has 0 aromatic heterocycles. The van der Waals surface area contributed by atoms with Crippen LogP contribution in [-0.2, 0) is 9.53 Å². The van der Waals surface area contributed by atoms with E-state index >= 15 is 0 Å². The van der Waals surface area contributed by atoms with Crippen molar-refractivity contribution in [2.75, 3.05) is 24.8 Å². The van der Waals surface area contributed by atoms with Gasteiger partial charge < -0.3 is 20.3 Å². The zero-order chi connectivity index (χ0) is 17.1. The summed E-state index contributed by atoms with van der Waals surface area (Å²) in [6.07, 6.45) is 2.55. The second-order valence-corrected chi connectivity index (χ2v) is 6.58. The number of amides is 1. The van der Waals surface area contributed by atoms with Crippen LogP contribution in [0.5, 0.6) is 0 Å². The molecule has 1 aromatic carbocycles. The van der Waals surface area contributed by atoms with Crippen molar-refractivity contribution in [3.63, 3.8) is 0 Å². The van der Waals surface area contributed by atoms with E-state index < -0.39 is 0 Å². The number of para-hydroxylation sites is 1. The minimum atomic E-state index is -0.00785. The monoisotopic (exact) mass is 329 g/mol. The lowest BCUT2D eigenvalue weighted by Crippen LogP contribution is -2.49. The van der Waals surface area contributed by atoms with E-state index in [0.717, 1.165) is 12.1 Å². The van der Waals surface area contributed by atoms with Gasteiger partial charge in [-0.15, -0.1) is 0 Å². The molecule has 5 heteroatoms. The molecule has 1 amide bonds. The zero-order valence-electron chi connectivity index (χ0n) is 14.7. The predicted octanol–water partition coefficient (Wildman–Crippen LogP) is 2.56. The number of nitrogens with one attached hydrogen (secondary N) is 2. The third-order valence-electron chi connectivity index (χ3n) is 5.13. The molecule has 0 fully saturated rings. The van der Waals surface area contributed by atoms with Gasteiger partial charge >= 0.3 is 0 Å². The predicted molar refractivity (Wildman–Crippen MR) is 95.6 cm³/mol. The van der Waals surface area contributed by atoms with Gasteiger partial charge in [-0.1, -0.05) is 25.1 Å². The topological polar surface area (TPSA) is 53.6 Å². The summed E-state index contributed by atoms with van der Waals surface area (Å²) in [6, 6.07) is 9.04. The van der Waals surface area contributed by atoms with Gasteiger partial charge in [0, 0.05) is 49.0 Å². The summed E-state index contributed by atoms with van der Waals surface area (Å²) >= 11 is 0. The van der Waals surface area contributed by atoms with Gasteiger partial charge in [0.1, 0.15) is 6.73 Å². The number of fused-ring (bicyclic) bond motifs is 1.